The molecular formula is C24H22ClN5O3S. The molecule has 3 aromatic rings. The second-order valence-corrected chi connectivity index (χ2v) is 9.84. The molecule has 1 amide bonds. The van der Waals surface area contributed by atoms with E-state index >= 15 is 0 Å². The molecular weight excluding hydrogens is 474 g/mol. The highest BCUT2D eigenvalue weighted by Gasteiger charge is 2.25. The van der Waals surface area contributed by atoms with Gasteiger partial charge >= 0.3 is 0 Å². The number of carbonyl (C=O) groups excluding carboxylic acids is 1. The van der Waals surface area contributed by atoms with Gasteiger partial charge in [-0.3, -0.25) is 9.52 Å². The van der Waals surface area contributed by atoms with Crippen LogP contribution in [0.2, 0.25) is 5.02 Å². The van der Waals surface area contributed by atoms with Crippen molar-refractivity contribution in [3.8, 4) is 6.07 Å². The molecule has 1 fully saturated rings. The number of halogens is 1. The molecule has 10 heteroatoms. The van der Waals surface area contributed by atoms with E-state index in [1.807, 2.05) is 4.90 Å². The third kappa shape index (κ3) is 5.14. The highest BCUT2D eigenvalue weighted by atomic mass is 35.5. The van der Waals surface area contributed by atoms with Crippen molar-refractivity contribution in [3.63, 3.8) is 0 Å². The first-order valence-corrected chi connectivity index (χ1v) is 12.5. The van der Waals surface area contributed by atoms with Crippen molar-refractivity contribution in [3.05, 3.63) is 83.0 Å². The topological polar surface area (TPSA) is 106 Å². The Bertz CT molecular complexity index is 1340. The van der Waals surface area contributed by atoms with Gasteiger partial charge in [-0.25, -0.2) is 13.4 Å². The van der Waals surface area contributed by atoms with Crippen LogP contribution in [0.3, 0.4) is 0 Å². The SMILES string of the molecule is N#Cc1cccnc1N1CCCN(C(=O)c2ccccc2NS(=O)(=O)c2ccc(Cl)cc2)CC1. The Balaban J connectivity index is 1.53. The first-order valence-electron chi connectivity index (χ1n) is 10.7. The van der Waals surface area contributed by atoms with Gasteiger partial charge in [0.05, 0.1) is 21.7 Å². The van der Waals surface area contributed by atoms with Crippen molar-refractivity contribution >= 4 is 39.0 Å². The Hall–Kier alpha value is -3.61. The van der Waals surface area contributed by atoms with Gasteiger partial charge in [0.25, 0.3) is 15.9 Å². The van der Waals surface area contributed by atoms with Crippen molar-refractivity contribution in [2.24, 2.45) is 0 Å². The van der Waals surface area contributed by atoms with Crippen LogP contribution in [-0.4, -0.2) is 50.4 Å². The molecule has 2 aromatic carbocycles. The molecule has 4 rings (SSSR count). The molecule has 0 radical (unpaired) electrons. The van der Waals surface area contributed by atoms with Gasteiger partial charge in [0.15, 0.2) is 0 Å². The second-order valence-electron chi connectivity index (χ2n) is 7.72. The number of nitriles is 1. The van der Waals surface area contributed by atoms with Crippen LogP contribution < -0.4 is 9.62 Å². The van der Waals surface area contributed by atoms with E-state index < -0.39 is 10.0 Å². The van der Waals surface area contributed by atoms with Gasteiger partial charge in [-0.1, -0.05) is 23.7 Å². The number of hydrogen-bond donors (Lipinski definition) is 1. The maximum absolute atomic E-state index is 13.4. The van der Waals surface area contributed by atoms with E-state index in [4.69, 9.17) is 11.6 Å². The van der Waals surface area contributed by atoms with E-state index in [2.05, 4.69) is 15.8 Å². The number of rotatable bonds is 5. The van der Waals surface area contributed by atoms with E-state index in [1.54, 1.807) is 47.5 Å². The number of hydrogen-bond acceptors (Lipinski definition) is 6. The molecule has 0 saturated carbocycles. The lowest BCUT2D eigenvalue weighted by Gasteiger charge is -2.24. The lowest BCUT2D eigenvalue weighted by atomic mass is 10.1. The van der Waals surface area contributed by atoms with Crippen LogP contribution >= 0.6 is 11.6 Å². The van der Waals surface area contributed by atoms with Gasteiger partial charge in [-0.05, 0) is 55.0 Å². The Kier molecular flexibility index (Phi) is 7.01. The first-order chi connectivity index (χ1) is 16.4. The largest absolute Gasteiger partial charge is 0.354 e. The van der Waals surface area contributed by atoms with Gasteiger partial charge in [-0.2, -0.15) is 5.26 Å². The normalized spacial score (nSPS) is 14.2. The van der Waals surface area contributed by atoms with Crippen molar-refractivity contribution in [2.75, 3.05) is 35.8 Å². The smallest absolute Gasteiger partial charge is 0.261 e. The highest BCUT2D eigenvalue weighted by Crippen LogP contribution is 2.24. The molecule has 1 aliphatic heterocycles. The summed E-state index contributed by atoms with van der Waals surface area (Å²) in [4.78, 5) is 21.5. The highest BCUT2D eigenvalue weighted by molar-refractivity contribution is 7.92. The molecule has 1 aliphatic rings. The van der Waals surface area contributed by atoms with Crippen molar-refractivity contribution in [1.82, 2.24) is 9.88 Å². The molecule has 0 atom stereocenters. The predicted molar refractivity (Wildman–Crippen MR) is 130 cm³/mol. The molecule has 0 unspecified atom stereocenters. The Labute approximate surface area is 203 Å². The molecule has 1 N–H and O–H groups in total. The standard InChI is InChI=1S/C24H22ClN5O3S/c25-19-8-10-20(11-9-19)34(32,33)28-22-7-2-1-6-21(22)24(31)30-14-4-13-29(15-16-30)23-18(17-26)5-3-12-27-23/h1-3,5-12,28H,4,13-16H2. The number of pyridine rings is 1. The number of sulfonamides is 1. The zero-order valence-corrected chi connectivity index (χ0v) is 19.8. The third-order valence-corrected chi connectivity index (χ3v) is 7.15. The van der Waals surface area contributed by atoms with E-state index in [0.717, 1.165) is 0 Å². The fourth-order valence-electron chi connectivity index (χ4n) is 3.81. The number of nitrogens with one attached hydrogen (secondary N) is 1. The average molecular weight is 496 g/mol. The van der Waals surface area contributed by atoms with E-state index in [9.17, 15) is 18.5 Å². The molecule has 0 spiro atoms. The lowest BCUT2D eigenvalue weighted by molar-refractivity contribution is 0.0768. The Morgan fingerprint density at radius 1 is 1.00 bits per heavy atom. The summed E-state index contributed by atoms with van der Waals surface area (Å²) in [5.74, 6) is 0.341. The number of amides is 1. The molecule has 0 bridgehead atoms. The number of carbonyl (C=O) groups is 1. The van der Waals surface area contributed by atoms with E-state index in [-0.39, 0.29) is 22.1 Å². The fraction of sp³-hybridized carbons (Fsp3) is 0.208. The van der Waals surface area contributed by atoms with Crippen LogP contribution in [0.5, 0.6) is 0 Å². The number of nitrogens with zero attached hydrogens (tertiary/aromatic N) is 4. The van der Waals surface area contributed by atoms with Crippen LogP contribution in [0.25, 0.3) is 0 Å². The van der Waals surface area contributed by atoms with Gasteiger partial charge in [0.1, 0.15) is 11.9 Å². The summed E-state index contributed by atoms with van der Waals surface area (Å²) < 4.78 is 28.3. The molecule has 8 nitrogen and oxygen atoms in total. The molecule has 174 valence electrons. The predicted octanol–water partition coefficient (Wildman–Crippen LogP) is 3.76. The minimum absolute atomic E-state index is 0.0493. The monoisotopic (exact) mass is 495 g/mol. The molecule has 0 aliphatic carbocycles. The maximum Gasteiger partial charge on any atom is 0.261 e. The first kappa shape index (κ1) is 23.5. The van der Waals surface area contributed by atoms with Gasteiger partial charge < -0.3 is 9.80 Å². The maximum atomic E-state index is 13.4. The summed E-state index contributed by atoms with van der Waals surface area (Å²) in [6.45, 7) is 2.08. The number of anilines is 2. The van der Waals surface area contributed by atoms with Crippen LogP contribution in [-0.2, 0) is 10.0 Å². The summed E-state index contributed by atoms with van der Waals surface area (Å²) in [6, 6.07) is 18.0. The molecule has 1 aromatic heterocycles. The Morgan fingerprint density at radius 2 is 1.76 bits per heavy atom. The van der Waals surface area contributed by atoms with E-state index in [1.165, 1.54) is 24.3 Å². The van der Waals surface area contributed by atoms with Gasteiger partial charge in [0.2, 0.25) is 0 Å². The third-order valence-electron chi connectivity index (χ3n) is 5.52. The van der Waals surface area contributed by atoms with Crippen LogP contribution in [0, 0.1) is 11.3 Å². The fourth-order valence-corrected chi connectivity index (χ4v) is 5.02. The minimum Gasteiger partial charge on any atom is -0.354 e. The zero-order chi connectivity index (χ0) is 24.1. The number of benzene rings is 2. The minimum atomic E-state index is -3.90. The van der Waals surface area contributed by atoms with Crippen LogP contribution in [0.4, 0.5) is 11.5 Å². The Morgan fingerprint density at radius 3 is 2.53 bits per heavy atom. The van der Waals surface area contributed by atoms with Crippen LogP contribution in [0.15, 0.2) is 71.8 Å². The molecule has 2 heterocycles. The molecule has 34 heavy (non-hydrogen) atoms. The number of aromatic nitrogens is 1. The second kappa shape index (κ2) is 10.1. The summed E-state index contributed by atoms with van der Waals surface area (Å²) in [5.41, 5.74) is 0.966. The molecule has 1 saturated heterocycles. The van der Waals surface area contributed by atoms with Crippen molar-refractivity contribution in [2.45, 2.75) is 11.3 Å². The van der Waals surface area contributed by atoms with Crippen LogP contribution in [0.1, 0.15) is 22.3 Å². The quantitative estimate of drug-likeness (QED) is 0.577. The van der Waals surface area contributed by atoms with Crippen molar-refractivity contribution < 1.29 is 13.2 Å². The van der Waals surface area contributed by atoms with Crippen molar-refractivity contribution in [1.29, 1.82) is 5.26 Å². The van der Waals surface area contributed by atoms with Gasteiger partial charge in [-0.15, -0.1) is 0 Å². The van der Waals surface area contributed by atoms with E-state index in [0.29, 0.717) is 49.0 Å². The summed E-state index contributed by atoms with van der Waals surface area (Å²) in [5, 5.41) is 9.81. The average Bonchev–Trinajstić information content (AvgIpc) is 3.10. The summed E-state index contributed by atoms with van der Waals surface area (Å²) in [7, 11) is -3.90. The summed E-state index contributed by atoms with van der Waals surface area (Å²) in [6.07, 6.45) is 2.33. The van der Waals surface area contributed by atoms with Gasteiger partial charge in [0, 0.05) is 37.4 Å². The summed E-state index contributed by atoms with van der Waals surface area (Å²) >= 11 is 5.87. The lowest BCUT2D eigenvalue weighted by Crippen LogP contribution is -2.36. The zero-order valence-electron chi connectivity index (χ0n) is 18.2. The number of para-hydroxylation sites is 1.